The number of nitrogens with one attached hydrogen (secondary N) is 1. The van der Waals surface area contributed by atoms with Crippen LogP contribution in [0.1, 0.15) is 5.56 Å². The van der Waals surface area contributed by atoms with Crippen LogP contribution in [0.4, 0.5) is 0 Å². The highest BCUT2D eigenvalue weighted by Crippen LogP contribution is 2.26. The van der Waals surface area contributed by atoms with Crippen molar-refractivity contribution in [2.45, 2.75) is 12.5 Å². The van der Waals surface area contributed by atoms with E-state index in [-0.39, 0.29) is 6.04 Å². The predicted molar refractivity (Wildman–Crippen MR) is 123 cm³/mol. The highest BCUT2D eigenvalue weighted by atomic mass is 16.5. The van der Waals surface area contributed by atoms with Crippen LogP contribution in [0, 0.1) is 0 Å². The third-order valence-electron chi connectivity index (χ3n) is 5.42. The van der Waals surface area contributed by atoms with E-state index in [0.29, 0.717) is 6.61 Å². The average Bonchev–Trinajstić information content (AvgIpc) is 3.20. The van der Waals surface area contributed by atoms with E-state index in [1.54, 1.807) is 6.20 Å². The summed E-state index contributed by atoms with van der Waals surface area (Å²) < 4.78 is 5.98. The zero-order chi connectivity index (χ0) is 20.3. The van der Waals surface area contributed by atoms with Crippen LogP contribution in [0.5, 0.6) is 5.75 Å². The summed E-state index contributed by atoms with van der Waals surface area (Å²) in [5.41, 5.74) is 10.9. The Hall–Kier alpha value is -3.63. The molecule has 0 spiro atoms. The molecule has 3 aromatic carbocycles. The van der Waals surface area contributed by atoms with Crippen molar-refractivity contribution in [2.24, 2.45) is 5.73 Å². The molecule has 0 radical (unpaired) electrons. The molecule has 0 saturated carbocycles. The number of fused-ring (bicyclic) bond motifs is 2. The number of H-pyrrole nitrogens is 1. The smallest absolute Gasteiger partial charge is 0.138 e. The lowest BCUT2D eigenvalue weighted by molar-refractivity contribution is 0.287. The Morgan fingerprint density at radius 3 is 2.63 bits per heavy atom. The molecule has 5 rings (SSSR count). The third kappa shape index (κ3) is 3.78. The molecule has 0 aliphatic rings. The van der Waals surface area contributed by atoms with Crippen LogP contribution in [-0.4, -0.2) is 22.6 Å². The summed E-state index contributed by atoms with van der Waals surface area (Å²) in [5.74, 6) is 0.732. The van der Waals surface area contributed by atoms with Crippen molar-refractivity contribution in [3.8, 4) is 16.9 Å². The van der Waals surface area contributed by atoms with Gasteiger partial charge in [-0.25, -0.2) is 0 Å². The van der Waals surface area contributed by atoms with Crippen molar-refractivity contribution >= 4 is 21.7 Å². The lowest BCUT2D eigenvalue weighted by Gasteiger charge is -2.13. The maximum Gasteiger partial charge on any atom is 0.138 e. The molecule has 4 heteroatoms. The van der Waals surface area contributed by atoms with Crippen LogP contribution in [0.3, 0.4) is 0 Å². The van der Waals surface area contributed by atoms with Crippen molar-refractivity contribution in [3.05, 3.63) is 97.0 Å². The lowest BCUT2D eigenvalue weighted by Crippen LogP contribution is -2.30. The van der Waals surface area contributed by atoms with Crippen LogP contribution < -0.4 is 10.5 Å². The Balaban J connectivity index is 1.28. The number of hydrogen-bond acceptors (Lipinski definition) is 3. The minimum absolute atomic E-state index is 0.103. The van der Waals surface area contributed by atoms with Gasteiger partial charge in [-0.2, -0.15) is 0 Å². The van der Waals surface area contributed by atoms with Crippen LogP contribution in [0.2, 0.25) is 0 Å². The molecule has 0 aliphatic heterocycles. The van der Waals surface area contributed by atoms with Crippen molar-refractivity contribution < 1.29 is 4.74 Å². The monoisotopic (exact) mass is 393 g/mol. The molecule has 0 aliphatic carbocycles. The van der Waals surface area contributed by atoms with E-state index in [2.05, 4.69) is 64.6 Å². The summed E-state index contributed by atoms with van der Waals surface area (Å²) in [6.45, 7) is 0.433. The normalized spacial score (nSPS) is 12.3. The molecular weight excluding hydrogens is 370 g/mol. The third-order valence-corrected chi connectivity index (χ3v) is 5.42. The van der Waals surface area contributed by atoms with E-state index in [0.717, 1.165) is 28.8 Å². The molecule has 0 saturated heterocycles. The fraction of sp³-hybridized carbons (Fsp3) is 0.115. The van der Waals surface area contributed by atoms with Gasteiger partial charge in [0.2, 0.25) is 0 Å². The number of pyridine rings is 1. The first kappa shape index (κ1) is 18.4. The fourth-order valence-corrected chi connectivity index (χ4v) is 3.87. The van der Waals surface area contributed by atoms with Gasteiger partial charge in [0.15, 0.2) is 0 Å². The maximum atomic E-state index is 6.36. The molecule has 0 unspecified atom stereocenters. The van der Waals surface area contributed by atoms with Crippen molar-refractivity contribution in [1.82, 2.24) is 9.97 Å². The second-order valence-electron chi connectivity index (χ2n) is 7.61. The van der Waals surface area contributed by atoms with Crippen LogP contribution >= 0.6 is 0 Å². The molecule has 1 atom stereocenters. The number of hydrogen-bond donors (Lipinski definition) is 2. The van der Waals surface area contributed by atoms with Gasteiger partial charge in [0.1, 0.15) is 12.4 Å². The number of benzene rings is 3. The molecule has 0 amide bonds. The van der Waals surface area contributed by atoms with Gasteiger partial charge in [0.05, 0.1) is 6.20 Å². The van der Waals surface area contributed by atoms with Gasteiger partial charge in [-0.3, -0.25) is 4.98 Å². The lowest BCUT2D eigenvalue weighted by atomic mass is 10.0. The van der Waals surface area contributed by atoms with Gasteiger partial charge >= 0.3 is 0 Å². The standard InChI is InChI=1S/C26H23N3O/c27-23(12-22-15-29-26-8-4-3-7-25(22)26)17-30-24-13-21(14-28-16-24)20-10-9-18-5-1-2-6-19(18)11-20/h1-11,13-16,23,29H,12,17,27H2/t23-/m0/s1. The van der Waals surface area contributed by atoms with Crippen LogP contribution in [-0.2, 0) is 6.42 Å². The number of nitrogens with two attached hydrogens (primary N) is 1. The summed E-state index contributed by atoms with van der Waals surface area (Å²) in [7, 11) is 0. The van der Waals surface area contributed by atoms with Gasteiger partial charge in [-0.15, -0.1) is 0 Å². The molecule has 30 heavy (non-hydrogen) atoms. The number of aromatic nitrogens is 2. The van der Waals surface area contributed by atoms with Gasteiger partial charge in [-0.1, -0.05) is 54.6 Å². The average molecular weight is 393 g/mol. The van der Waals surface area contributed by atoms with Gasteiger partial charge < -0.3 is 15.5 Å². The topological polar surface area (TPSA) is 63.9 Å². The van der Waals surface area contributed by atoms with Gasteiger partial charge in [0.25, 0.3) is 0 Å². The largest absolute Gasteiger partial charge is 0.490 e. The van der Waals surface area contributed by atoms with Crippen LogP contribution in [0.25, 0.3) is 32.8 Å². The second kappa shape index (κ2) is 8.01. The van der Waals surface area contributed by atoms with E-state index < -0.39 is 0 Å². The molecule has 2 heterocycles. The maximum absolute atomic E-state index is 6.36. The van der Waals surface area contributed by atoms with Gasteiger partial charge in [0, 0.05) is 34.9 Å². The Labute approximate surface area is 175 Å². The van der Waals surface area contributed by atoms with Gasteiger partial charge in [-0.05, 0) is 46.5 Å². The molecular formula is C26H23N3O. The van der Waals surface area contributed by atoms with Crippen molar-refractivity contribution in [2.75, 3.05) is 6.61 Å². The quantitative estimate of drug-likeness (QED) is 0.410. The fourth-order valence-electron chi connectivity index (χ4n) is 3.87. The second-order valence-corrected chi connectivity index (χ2v) is 7.61. The first-order valence-corrected chi connectivity index (χ1v) is 10.1. The Morgan fingerprint density at radius 2 is 1.70 bits per heavy atom. The van der Waals surface area contributed by atoms with E-state index in [1.807, 2.05) is 30.6 Å². The Kier molecular flexibility index (Phi) is 4.91. The number of ether oxygens (including phenoxy) is 1. The number of para-hydroxylation sites is 1. The molecule has 4 nitrogen and oxygen atoms in total. The minimum atomic E-state index is -0.103. The van der Waals surface area contributed by atoms with E-state index >= 15 is 0 Å². The van der Waals surface area contributed by atoms with Crippen molar-refractivity contribution in [3.63, 3.8) is 0 Å². The molecule has 0 bridgehead atoms. The van der Waals surface area contributed by atoms with Crippen LogP contribution in [0.15, 0.2) is 91.4 Å². The van der Waals surface area contributed by atoms with E-state index in [9.17, 15) is 0 Å². The first-order chi connectivity index (χ1) is 14.8. The molecule has 3 N–H and O–H groups in total. The summed E-state index contributed by atoms with van der Waals surface area (Å²) in [4.78, 5) is 7.66. The Morgan fingerprint density at radius 1 is 0.867 bits per heavy atom. The molecule has 148 valence electrons. The highest BCUT2D eigenvalue weighted by molar-refractivity contribution is 5.87. The summed E-state index contributed by atoms with van der Waals surface area (Å²) in [5, 5.41) is 3.65. The van der Waals surface area contributed by atoms with Crippen molar-refractivity contribution in [1.29, 1.82) is 0 Å². The number of rotatable bonds is 6. The summed E-state index contributed by atoms with van der Waals surface area (Å²) >= 11 is 0. The Bertz CT molecular complexity index is 1310. The number of aromatic amines is 1. The summed E-state index contributed by atoms with van der Waals surface area (Å²) in [6, 6.07) is 25.0. The number of nitrogens with zero attached hydrogens (tertiary/aromatic N) is 1. The highest BCUT2D eigenvalue weighted by Gasteiger charge is 2.10. The minimum Gasteiger partial charge on any atom is -0.490 e. The first-order valence-electron chi connectivity index (χ1n) is 10.1. The predicted octanol–water partition coefficient (Wildman–Crippen LogP) is 5.33. The summed E-state index contributed by atoms with van der Waals surface area (Å²) in [6.07, 6.45) is 6.39. The van der Waals surface area contributed by atoms with E-state index in [4.69, 9.17) is 10.5 Å². The zero-order valence-corrected chi connectivity index (χ0v) is 16.6. The molecule has 0 fully saturated rings. The van der Waals surface area contributed by atoms with E-state index in [1.165, 1.54) is 21.7 Å². The molecule has 5 aromatic rings. The zero-order valence-electron chi connectivity index (χ0n) is 16.6. The molecule has 2 aromatic heterocycles. The SMILES string of the molecule is N[C@H](COc1cncc(-c2ccc3ccccc3c2)c1)Cc1c[nH]c2ccccc12.